The molecule has 1 aromatic heterocycles. The van der Waals surface area contributed by atoms with E-state index in [-0.39, 0.29) is 12.1 Å². The molecule has 0 radical (unpaired) electrons. The topological polar surface area (TPSA) is 59.4 Å². The van der Waals surface area contributed by atoms with E-state index in [1.165, 1.54) is 0 Å². The molecule has 1 aliphatic heterocycles. The zero-order valence-electron chi connectivity index (χ0n) is 17.8. The van der Waals surface area contributed by atoms with Crippen LogP contribution in [-0.2, 0) is 6.42 Å². The SMILES string of the molecule is COc1ccc(CCN2C(=O)c3ccccc3NC2c2ccc(-n3ccnc3)cc2)cc1. The van der Waals surface area contributed by atoms with Crippen LogP contribution in [0.5, 0.6) is 5.75 Å². The average Bonchev–Trinajstić information content (AvgIpc) is 3.39. The van der Waals surface area contributed by atoms with Gasteiger partial charge in [0.15, 0.2) is 0 Å². The van der Waals surface area contributed by atoms with Crippen molar-refractivity contribution in [2.24, 2.45) is 0 Å². The van der Waals surface area contributed by atoms with Crippen LogP contribution in [0.4, 0.5) is 5.69 Å². The van der Waals surface area contributed by atoms with Gasteiger partial charge < -0.3 is 19.5 Å². The maximum atomic E-state index is 13.4. The van der Waals surface area contributed by atoms with Gasteiger partial charge in [-0.3, -0.25) is 4.79 Å². The van der Waals surface area contributed by atoms with Crippen molar-refractivity contribution in [1.29, 1.82) is 0 Å². The quantitative estimate of drug-likeness (QED) is 0.488. The lowest BCUT2D eigenvalue weighted by Crippen LogP contribution is -2.44. The number of hydrogen-bond acceptors (Lipinski definition) is 4. The van der Waals surface area contributed by atoms with Crippen molar-refractivity contribution in [3.63, 3.8) is 0 Å². The maximum absolute atomic E-state index is 13.4. The van der Waals surface area contributed by atoms with Crippen LogP contribution in [0.25, 0.3) is 5.69 Å². The van der Waals surface area contributed by atoms with E-state index in [9.17, 15) is 4.79 Å². The molecule has 1 N–H and O–H groups in total. The van der Waals surface area contributed by atoms with Gasteiger partial charge in [-0.1, -0.05) is 36.4 Å². The standard InChI is InChI=1S/C26H24N4O2/c1-32-22-12-6-19(7-13-22)14-16-30-25(28-24-5-3-2-4-23(24)26(30)31)20-8-10-21(11-9-20)29-17-15-27-18-29/h2-13,15,17-18,25,28H,14,16H2,1H3. The fourth-order valence-corrected chi connectivity index (χ4v) is 4.07. The second-order valence-electron chi connectivity index (χ2n) is 7.75. The van der Waals surface area contributed by atoms with E-state index in [0.29, 0.717) is 12.1 Å². The minimum absolute atomic E-state index is 0.0385. The van der Waals surface area contributed by atoms with Gasteiger partial charge in [0, 0.05) is 30.3 Å². The van der Waals surface area contributed by atoms with Crippen LogP contribution in [-0.4, -0.2) is 34.0 Å². The summed E-state index contributed by atoms with van der Waals surface area (Å²) in [5.41, 5.74) is 4.78. The number of hydrogen-bond donors (Lipinski definition) is 1. The lowest BCUT2D eigenvalue weighted by molar-refractivity contribution is 0.0685. The number of amides is 1. The maximum Gasteiger partial charge on any atom is 0.257 e. The van der Waals surface area contributed by atoms with Gasteiger partial charge in [-0.05, 0) is 53.9 Å². The Morgan fingerprint density at radius 1 is 1.00 bits per heavy atom. The predicted octanol–water partition coefficient (Wildman–Crippen LogP) is 4.69. The fraction of sp³-hybridized carbons (Fsp3) is 0.154. The molecule has 6 nitrogen and oxygen atoms in total. The normalized spacial score (nSPS) is 15.2. The summed E-state index contributed by atoms with van der Waals surface area (Å²) in [4.78, 5) is 19.5. The molecule has 0 aliphatic carbocycles. The van der Waals surface area contributed by atoms with Gasteiger partial charge in [0.2, 0.25) is 0 Å². The van der Waals surface area contributed by atoms with E-state index in [1.54, 1.807) is 19.6 Å². The van der Waals surface area contributed by atoms with E-state index in [0.717, 1.165) is 34.7 Å². The number of nitrogens with zero attached hydrogens (tertiary/aromatic N) is 3. The number of benzene rings is 3. The summed E-state index contributed by atoms with van der Waals surface area (Å²) >= 11 is 0. The molecule has 1 aliphatic rings. The first-order valence-electron chi connectivity index (χ1n) is 10.6. The van der Waals surface area contributed by atoms with Crippen molar-refractivity contribution in [3.05, 3.63) is 108 Å². The molecule has 0 spiro atoms. The Labute approximate surface area is 187 Å². The number of nitrogens with one attached hydrogen (secondary N) is 1. The summed E-state index contributed by atoms with van der Waals surface area (Å²) in [6.07, 6.45) is 5.95. The Morgan fingerprint density at radius 3 is 2.50 bits per heavy atom. The molecule has 1 atom stereocenters. The minimum atomic E-state index is -0.243. The molecular weight excluding hydrogens is 400 g/mol. The average molecular weight is 425 g/mol. The van der Waals surface area contributed by atoms with Gasteiger partial charge in [-0.15, -0.1) is 0 Å². The van der Waals surface area contributed by atoms with Gasteiger partial charge >= 0.3 is 0 Å². The van der Waals surface area contributed by atoms with Crippen molar-refractivity contribution in [3.8, 4) is 11.4 Å². The molecule has 1 amide bonds. The Hall–Kier alpha value is -4.06. The zero-order chi connectivity index (χ0) is 21.9. The van der Waals surface area contributed by atoms with Gasteiger partial charge in [0.1, 0.15) is 11.9 Å². The van der Waals surface area contributed by atoms with E-state index in [1.807, 2.05) is 76.3 Å². The van der Waals surface area contributed by atoms with Crippen molar-refractivity contribution >= 4 is 11.6 Å². The Morgan fingerprint density at radius 2 is 1.78 bits per heavy atom. The molecule has 2 heterocycles. The lowest BCUT2D eigenvalue weighted by Gasteiger charge is -2.38. The molecule has 3 aromatic carbocycles. The summed E-state index contributed by atoms with van der Waals surface area (Å²) in [6, 6.07) is 23.9. The summed E-state index contributed by atoms with van der Waals surface area (Å²) in [5.74, 6) is 0.866. The molecule has 0 saturated heterocycles. The molecular formula is C26H24N4O2. The molecule has 0 fully saturated rings. The lowest BCUT2D eigenvalue weighted by atomic mass is 10.0. The highest BCUT2D eigenvalue weighted by atomic mass is 16.5. The molecule has 6 heteroatoms. The van der Waals surface area contributed by atoms with Gasteiger partial charge in [0.25, 0.3) is 5.91 Å². The van der Waals surface area contributed by atoms with Crippen molar-refractivity contribution < 1.29 is 9.53 Å². The molecule has 0 saturated carbocycles. The van der Waals surface area contributed by atoms with Gasteiger partial charge in [-0.25, -0.2) is 4.98 Å². The van der Waals surface area contributed by atoms with E-state index in [4.69, 9.17) is 4.74 Å². The number of fused-ring (bicyclic) bond motifs is 1. The number of ether oxygens (including phenoxy) is 1. The van der Waals surface area contributed by atoms with E-state index >= 15 is 0 Å². The van der Waals surface area contributed by atoms with Gasteiger partial charge in [-0.2, -0.15) is 0 Å². The summed E-state index contributed by atoms with van der Waals surface area (Å²) in [6.45, 7) is 0.598. The number of carbonyl (C=O) groups is 1. The first kappa shape index (κ1) is 19.9. The van der Waals surface area contributed by atoms with Crippen molar-refractivity contribution in [2.75, 3.05) is 19.0 Å². The Bertz CT molecular complexity index is 1200. The number of para-hydroxylation sites is 1. The number of methoxy groups -OCH3 is 1. The second-order valence-corrected chi connectivity index (χ2v) is 7.75. The number of aromatic nitrogens is 2. The number of imidazole rings is 1. The zero-order valence-corrected chi connectivity index (χ0v) is 17.8. The molecule has 160 valence electrons. The van der Waals surface area contributed by atoms with Gasteiger partial charge in [0.05, 0.1) is 19.0 Å². The van der Waals surface area contributed by atoms with Crippen LogP contribution in [0.15, 0.2) is 91.5 Å². The third-order valence-corrected chi connectivity index (χ3v) is 5.83. The molecule has 0 bridgehead atoms. The summed E-state index contributed by atoms with van der Waals surface area (Å²) in [7, 11) is 1.66. The number of carbonyl (C=O) groups excluding carboxylic acids is 1. The van der Waals surface area contributed by atoms with Crippen LogP contribution in [0.1, 0.15) is 27.7 Å². The number of anilines is 1. The highest BCUT2D eigenvalue weighted by Crippen LogP contribution is 2.33. The Balaban J connectivity index is 1.43. The second kappa shape index (κ2) is 8.59. The first-order valence-corrected chi connectivity index (χ1v) is 10.6. The van der Waals surface area contributed by atoms with Crippen LogP contribution in [0, 0.1) is 0 Å². The molecule has 32 heavy (non-hydrogen) atoms. The monoisotopic (exact) mass is 424 g/mol. The smallest absolute Gasteiger partial charge is 0.257 e. The number of rotatable bonds is 6. The van der Waals surface area contributed by atoms with Crippen LogP contribution >= 0.6 is 0 Å². The predicted molar refractivity (Wildman–Crippen MR) is 124 cm³/mol. The minimum Gasteiger partial charge on any atom is -0.497 e. The van der Waals surface area contributed by atoms with Crippen LogP contribution in [0.2, 0.25) is 0 Å². The van der Waals surface area contributed by atoms with Crippen LogP contribution in [0.3, 0.4) is 0 Å². The highest BCUT2D eigenvalue weighted by Gasteiger charge is 2.32. The highest BCUT2D eigenvalue weighted by molar-refractivity contribution is 6.01. The largest absolute Gasteiger partial charge is 0.497 e. The van der Waals surface area contributed by atoms with Crippen molar-refractivity contribution in [2.45, 2.75) is 12.6 Å². The third kappa shape index (κ3) is 3.83. The van der Waals surface area contributed by atoms with Crippen molar-refractivity contribution in [1.82, 2.24) is 14.5 Å². The fourth-order valence-electron chi connectivity index (χ4n) is 4.07. The summed E-state index contributed by atoms with van der Waals surface area (Å²) in [5, 5.41) is 3.57. The van der Waals surface area contributed by atoms with Crippen LogP contribution < -0.4 is 10.1 Å². The van der Waals surface area contributed by atoms with E-state index in [2.05, 4.69) is 22.4 Å². The molecule has 4 aromatic rings. The first-order chi connectivity index (χ1) is 15.7. The molecule has 5 rings (SSSR count). The third-order valence-electron chi connectivity index (χ3n) is 5.83. The summed E-state index contributed by atoms with van der Waals surface area (Å²) < 4.78 is 7.21. The molecule has 1 unspecified atom stereocenters. The van der Waals surface area contributed by atoms with E-state index < -0.39 is 0 Å². The Kier molecular flexibility index (Phi) is 5.34.